The minimum atomic E-state index is -3.48. The normalized spacial score (nSPS) is 12.1. The number of halogens is 1. The van der Waals surface area contributed by atoms with Crippen molar-refractivity contribution in [1.82, 2.24) is 9.62 Å². The molecule has 0 heterocycles. The van der Waals surface area contributed by atoms with E-state index in [1.807, 2.05) is 19.0 Å². The fourth-order valence-corrected chi connectivity index (χ4v) is 3.51. The first-order valence-electron chi connectivity index (χ1n) is 5.49. The Hall–Kier alpha value is -0.470. The van der Waals surface area contributed by atoms with Crippen LogP contribution in [-0.4, -0.2) is 40.5 Å². The zero-order valence-corrected chi connectivity index (χ0v) is 12.9. The molecule has 0 bridgehead atoms. The Labute approximate surface area is 117 Å². The molecule has 102 valence electrons. The van der Waals surface area contributed by atoms with E-state index in [-0.39, 0.29) is 4.90 Å². The molecule has 0 fully saturated rings. The lowest BCUT2D eigenvalue weighted by molar-refractivity contribution is 0.412. The van der Waals surface area contributed by atoms with Gasteiger partial charge in [0.2, 0.25) is 10.0 Å². The zero-order valence-electron chi connectivity index (χ0n) is 10.5. The van der Waals surface area contributed by atoms with Crippen molar-refractivity contribution < 1.29 is 8.42 Å². The predicted octanol–water partition coefficient (Wildman–Crippen LogP) is 0.748. The van der Waals surface area contributed by atoms with E-state index in [2.05, 4.69) is 20.7 Å². The van der Waals surface area contributed by atoms with Crippen LogP contribution in [0.1, 0.15) is 5.56 Å². The molecule has 0 aliphatic carbocycles. The molecule has 0 aromatic heterocycles. The van der Waals surface area contributed by atoms with Crippen LogP contribution in [0.5, 0.6) is 0 Å². The summed E-state index contributed by atoms with van der Waals surface area (Å²) in [6.45, 7) is 1.41. The number of hydrogen-bond acceptors (Lipinski definition) is 4. The molecule has 1 aromatic rings. The summed E-state index contributed by atoms with van der Waals surface area (Å²) in [5.74, 6) is 0. The number of benzene rings is 1. The molecule has 0 amide bonds. The second-order valence-electron chi connectivity index (χ2n) is 4.17. The third kappa shape index (κ3) is 4.33. The lowest BCUT2D eigenvalue weighted by Crippen LogP contribution is -2.31. The Morgan fingerprint density at radius 1 is 1.39 bits per heavy atom. The van der Waals surface area contributed by atoms with Gasteiger partial charge in [-0.2, -0.15) is 0 Å². The molecule has 7 heteroatoms. The number of sulfonamides is 1. The third-order valence-corrected chi connectivity index (χ3v) is 4.81. The predicted molar refractivity (Wildman–Crippen MR) is 75.8 cm³/mol. The third-order valence-electron chi connectivity index (χ3n) is 2.37. The van der Waals surface area contributed by atoms with Gasteiger partial charge in [-0.1, -0.05) is 6.07 Å². The van der Waals surface area contributed by atoms with Gasteiger partial charge >= 0.3 is 0 Å². The lowest BCUT2D eigenvalue weighted by atomic mass is 10.2. The van der Waals surface area contributed by atoms with Gasteiger partial charge in [-0.15, -0.1) is 0 Å². The lowest BCUT2D eigenvalue weighted by Gasteiger charge is -2.12. The van der Waals surface area contributed by atoms with Gasteiger partial charge in [0.05, 0.1) is 4.90 Å². The molecule has 1 aromatic carbocycles. The van der Waals surface area contributed by atoms with Crippen molar-refractivity contribution in [3.8, 4) is 0 Å². The van der Waals surface area contributed by atoms with E-state index in [1.165, 1.54) is 0 Å². The Kier molecular flexibility index (Phi) is 5.74. The van der Waals surface area contributed by atoms with Gasteiger partial charge in [-0.25, -0.2) is 13.1 Å². The minimum absolute atomic E-state index is 0.235. The van der Waals surface area contributed by atoms with Crippen LogP contribution in [-0.2, 0) is 16.6 Å². The smallest absolute Gasteiger partial charge is 0.241 e. The fraction of sp³-hybridized carbons (Fsp3) is 0.455. The molecule has 0 unspecified atom stereocenters. The highest BCUT2D eigenvalue weighted by Gasteiger charge is 2.17. The van der Waals surface area contributed by atoms with Gasteiger partial charge in [0.15, 0.2) is 0 Å². The summed E-state index contributed by atoms with van der Waals surface area (Å²) in [6, 6.07) is 5.00. The van der Waals surface area contributed by atoms with Gasteiger partial charge in [0.1, 0.15) is 0 Å². The molecule has 1 rings (SSSR count). The Bertz CT molecular complexity index is 503. The van der Waals surface area contributed by atoms with Crippen LogP contribution in [0, 0.1) is 0 Å². The number of hydrogen-bond donors (Lipinski definition) is 2. The minimum Gasteiger partial charge on any atom is -0.326 e. The van der Waals surface area contributed by atoms with Gasteiger partial charge in [-0.05, 0) is 47.7 Å². The van der Waals surface area contributed by atoms with Crippen LogP contribution < -0.4 is 10.5 Å². The first kappa shape index (κ1) is 15.6. The quantitative estimate of drug-likeness (QED) is 0.804. The summed E-state index contributed by atoms with van der Waals surface area (Å²) in [5, 5.41) is 0. The first-order valence-corrected chi connectivity index (χ1v) is 7.77. The summed E-state index contributed by atoms with van der Waals surface area (Å²) in [4.78, 5) is 2.15. The maximum absolute atomic E-state index is 12.0. The van der Waals surface area contributed by atoms with Crippen LogP contribution in [0.3, 0.4) is 0 Å². The monoisotopic (exact) mass is 335 g/mol. The largest absolute Gasteiger partial charge is 0.326 e. The average molecular weight is 336 g/mol. The van der Waals surface area contributed by atoms with Gasteiger partial charge in [-0.3, -0.25) is 0 Å². The van der Waals surface area contributed by atoms with Crippen LogP contribution >= 0.6 is 15.9 Å². The Morgan fingerprint density at radius 2 is 2.06 bits per heavy atom. The van der Waals surface area contributed by atoms with E-state index in [0.717, 1.165) is 5.56 Å². The second-order valence-corrected chi connectivity index (χ2v) is 6.76. The Balaban J connectivity index is 2.85. The highest BCUT2D eigenvalue weighted by molar-refractivity contribution is 9.10. The van der Waals surface area contributed by atoms with Gasteiger partial charge in [0.25, 0.3) is 0 Å². The Morgan fingerprint density at radius 3 is 2.56 bits per heavy atom. The van der Waals surface area contributed by atoms with E-state index in [9.17, 15) is 8.42 Å². The molecule has 18 heavy (non-hydrogen) atoms. The summed E-state index contributed by atoms with van der Waals surface area (Å²) < 4.78 is 27.2. The number of nitrogens with zero attached hydrogens (tertiary/aromatic N) is 1. The van der Waals surface area contributed by atoms with Crippen molar-refractivity contribution in [3.63, 3.8) is 0 Å². The number of rotatable bonds is 6. The molecule has 0 spiro atoms. The van der Waals surface area contributed by atoms with E-state index in [1.54, 1.807) is 18.2 Å². The maximum Gasteiger partial charge on any atom is 0.241 e. The number of nitrogens with two attached hydrogens (primary N) is 1. The highest BCUT2D eigenvalue weighted by Crippen LogP contribution is 2.22. The summed E-state index contributed by atoms with van der Waals surface area (Å²) >= 11 is 3.26. The SMILES string of the molecule is CN(C)CCNS(=O)(=O)c1ccc(CN)cc1Br. The van der Waals surface area contributed by atoms with E-state index in [4.69, 9.17) is 5.73 Å². The highest BCUT2D eigenvalue weighted by atomic mass is 79.9. The van der Waals surface area contributed by atoms with E-state index in [0.29, 0.717) is 24.1 Å². The standard InChI is InChI=1S/C11H18BrN3O2S/c1-15(2)6-5-14-18(16,17)11-4-3-9(8-13)7-10(11)12/h3-4,7,14H,5-6,8,13H2,1-2H3. The molecule has 5 nitrogen and oxygen atoms in total. The van der Waals surface area contributed by atoms with Crippen LogP contribution in [0.2, 0.25) is 0 Å². The van der Waals surface area contributed by atoms with Crippen molar-refractivity contribution in [1.29, 1.82) is 0 Å². The molecule has 0 saturated heterocycles. The molecule has 0 atom stereocenters. The van der Waals surface area contributed by atoms with E-state index < -0.39 is 10.0 Å². The van der Waals surface area contributed by atoms with Crippen molar-refractivity contribution in [2.45, 2.75) is 11.4 Å². The van der Waals surface area contributed by atoms with Crippen LogP contribution in [0.4, 0.5) is 0 Å². The topological polar surface area (TPSA) is 75.4 Å². The van der Waals surface area contributed by atoms with Crippen molar-refractivity contribution >= 4 is 26.0 Å². The molecule has 0 aliphatic rings. The van der Waals surface area contributed by atoms with Crippen molar-refractivity contribution in [2.24, 2.45) is 5.73 Å². The van der Waals surface area contributed by atoms with Crippen LogP contribution in [0.25, 0.3) is 0 Å². The average Bonchev–Trinajstić information content (AvgIpc) is 2.27. The maximum atomic E-state index is 12.0. The number of likely N-dealkylation sites (N-methyl/N-ethyl adjacent to an activating group) is 1. The molecule has 0 aliphatic heterocycles. The molecule has 0 saturated carbocycles. The van der Waals surface area contributed by atoms with Crippen LogP contribution in [0.15, 0.2) is 27.6 Å². The van der Waals surface area contributed by atoms with Gasteiger partial charge < -0.3 is 10.6 Å². The summed E-state index contributed by atoms with van der Waals surface area (Å²) in [5.41, 5.74) is 6.38. The first-order chi connectivity index (χ1) is 8.36. The molecular formula is C11H18BrN3O2S. The molecule has 0 radical (unpaired) electrons. The fourth-order valence-electron chi connectivity index (χ4n) is 1.37. The summed E-state index contributed by atoms with van der Waals surface area (Å²) in [6.07, 6.45) is 0. The van der Waals surface area contributed by atoms with E-state index >= 15 is 0 Å². The van der Waals surface area contributed by atoms with Crippen molar-refractivity contribution in [2.75, 3.05) is 27.2 Å². The van der Waals surface area contributed by atoms with Gasteiger partial charge in [0, 0.05) is 24.1 Å². The number of nitrogens with one attached hydrogen (secondary N) is 1. The zero-order chi connectivity index (χ0) is 13.8. The van der Waals surface area contributed by atoms with Crippen molar-refractivity contribution in [3.05, 3.63) is 28.2 Å². The second kappa shape index (κ2) is 6.63. The molecular weight excluding hydrogens is 318 g/mol. The summed E-state index contributed by atoms with van der Waals surface area (Å²) in [7, 11) is 0.302. The molecule has 3 N–H and O–H groups in total.